The Morgan fingerprint density at radius 2 is 1.75 bits per heavy atom. The standard InChI is InChI=1S/C21H34N4O7/c1-11(2)7-14(17(26)21(5)10-31-21)23-20(29)16(9-30-6)24-18(27)13(4)22-19(28)15-8-12(3)32-25-15/h11-14,16H,7-10H2,1-6H3,(H,22,28)(H,23,29)(H,24,27)/t12-,13?,14?,16-,21?/m0/s1. The summed E-state index contributed by atoms with van der Waals surface area (Å²) < 4.78 is 10.3. The van der Waals surface area contributed by atoms with Crippen LogP contribution in [0, 0.1) is 5.92 Å². The van der Waals surface area contributed by atoms with Crippen molar-refractivity contribution in [3.8, 4) is 0 Å². The summed E-state index contributed by atoms with van der Waals surface area (Å²) in [7, 11) is 1.40. The molecule has 5 atom stereocenters. The lowest BCUT2D eigenvalue weighted by Gasteiger charge is -2.25. The molecule has 0 spiro atoms. The third kappa shape index (κ3) is 6.99. The van der Waals surface area contributed by atoms with Gasteiger partial charge in [-0.05, 0) is 33.1 Å². The maximum Gasteiger partial charge on any atom is 0.269 e. The maximum absolute atomic E-state index is 12.9. The molecule has 0 aliphatic carbocycles. The van der Waals surface area contributed by atoms with Crippen LogP contribution in [0.3, 0.4) is 0 Å². The van der Waals surface area contributed by atoms with Crippen LogP contribution >= 0.6 is 0 Å². The van der Waals surface area contributed by atoms with Crippen LogP contribution in [-0.4, -0.2) is 79.4 Å². The molecule has 11 heteroatoms. The van der Waals surface area contributed by atoms with Gasteiger partial charge in [-0.3, -0.25) is 19.2 Å². The van der Waals surface area contributed by atoms with Crippen molar-refractivity contribution in [2.75, 3.05) is 20.3 Å². The van der Waals surface area contributed by atoms with E-state index in [0.717, 1.165) is 0 Å². The van der Waals surface area contributed by atoms with Crippen molar-refractivity contribution in [3.05, 3.63) is 0 Å². The Morgan fingerprint density at radius 3 is 2.25 bits per heavy atom. The van der Waals surface area contributed by atoms with E-state index in [1.807, 2.05) is 13.8 Å². The number of ketones is 1. The molecule has 1 fully saturated rings. The lowest BCUT2D eigenvalue weighted by atomic mass is 9.93. The number of hydrogen-bond donors (Lipinski definition) is 3. The molecule has 3 unspecified atom stereocenters. The molecular weight excluding hydrogens is 420 g/mol. The molecule has 2 rings (SSSR count). The number of methoxy groups -OCH3 is 1. The van der Waals surface area contributed by atoms with Crippen LogP contribution in [0.25, 0.3) is 0 Å². The van der Waals surface area contributed by atoms with Crippen LogP contribution in [-0.2, 0) is 33.5 Å². The lowest BCUT2D eigenvalue weighted by Crippen LogP contribution is -2.57. The first-order chi connectivity index (χ1) is 15.0. The van der Waals surface area contributed by atoms with E-state index in [1.165, 1.54) is 14.0 Å². The van der Waals surface area contributed by atoms with Crippen molar-refractivity contribution in [1.29, 1.82) is 0 Å². The van der Waals surface area contributed by atoms with Gasteiger partial charge in [0.15, 0.2) is 5.78 Å². The Bertz CT molecular complexity index is 763. The molecule has 2 heterocycles. The fourth-order valence-corrected chi connectivity index (χ4v) is 3.22. The van der Waals surface area contributed by atoms with Crippen LogP contribution < -0.4 is 16.0 Å². The second-order valence-electron chi connectivity index (χ2n) is 8.94. The molecule has 0 radical (unpaired) electrons. The molecule has 0 bridgehead atoms. The monoisotopic (exact) mass is 454 g/mol. The topological polar surface area (TPSA) is 148 Å². The first-order valence-electron chi connectivity index (χ1n) is 10.8. The third-order valence-electron chi connectivity index (χ3n) is 5.23. The fourth-order valence-electron chi connectivity index (χ4n) is 3.22. The number of carbonyl (C=O) groups is 4. The number of amides is 3. The molecule has 0 aromatic carbocycles. The minimum atomic E-state index is -1.05. The minimum absolute atomic E-state index is 0.105. The van der Waals surface area contributed by atoms with Gasteiger partial charge in [-0.15, -0.1) is 0 Å². The minimum Gasteiger partial charge on any atom is -0.392 e. The van der Waals surface area contributed by atoms with Crippen LogP contribution in [0.2, 0.25) is 0 Å². The maximum atomic E-state index is 12.9. The molecule has 0 saturated carbocycles. The number of ether oxygens (including phenoxy) is 2. The molecule has 3 amide bonds. The zero-order valence-corrected chi connectivity index (χ0v) is 19.5. The van der Waals surface area contributed by atoms with Gasteiger partial charge in [-0.2, -0.15) is 0 Å². The number of rotatable bonds is 12. The van der Waals surface area contributed by atoms with E-state index in [4.69, 9.17) is 14.3 Å². The summed E-state index contributed by atoms with van der Waals surface area (Å²) in [6, 6.07) is -2.72. The van der Waals surface area contributed by atoms with Crippen LogP contribution in [0.15, 0.2) is 5.16 Å². The summed E-state index contributed by atoms with van der Waals surface area (Å²) in [5.41, 5.74) is -0.676. The van der Waals surface area contributed by atoms with Gasteiger partial charge < -0.3 is 30.3 Å². The molecule has 0 aromatic rings. The molecule has 3 N–H and O–H groups in total. The number of nitrogens with zero attached hydrogens (tertiary/aromatic N) is 1. The summed E-state index contributed by atoms with van der Waals surface area (Å²) in [6.07, 6.45) is 0.592. The Hall–Kier alpha value is -2.53. The van der Waals surface area contributed by atoms with E-state index in [-0.39, 0.29) is 30.1 Å². The van der Waals surface area contributed by atoms with Crippen molar-refractivity contribution in [2.45, 2.75) is 77.3 Å². The Labute approximate surface area is 188 Å². The zero-order valence-electron chi connectivity index (χ0n) is 19.5. The molecule has 11 nitrogen and oxygen atoms in total. The van der Waals surface area contributed by atoms with Gasteiger partial charge in [0, 0.05) is 13.5 Å². The lowest BCUT2D eigenvalue weighted by molar-refractivity contribution is -0.134. The van der Waals surface area contributed by atoms with Crippen molar-refractivity contribution >= 4 is 29.2 Å². The van der Waals surface area contributed by atoms with E-state index < -0.39 is 41.4 Å². The summed E-state index contributed by atoms with van der Waals surface area (Å²) >= 11 is 0. The summed E-state index contributed by atoms with van der Waals surface area (Å²) in [4.78, 5) is 55.4. The highest BCUT2D eigenvalue weighted by molar-refractivity contribution is 6.39. The molecule has 180 valence electrons. The zero-order chi connectivity index (χ0) is 24.1. The molecule has 2 aliphatic rings. The average molecular weight is 455 g/mol. The molecule has 2 aliphatic heterocycles. The molecule has 1 saturated heterocycles. The van der Waals surface area contributed by atoms with Gasteiger partial charge in [-0.1, -0.05) is 19.0 Å². The smallest absolute Gasteiger partial charge is 0.269 e. The van der Waals surface area contributed by atoms with Crippen molar-refractivity contribution < 1.29 is 33.5 Å². The van der Waals surface area contributed by atoms with Crippen molar-refractivity contribution in [2.24, 2.45) is 11.1 Å². The number of epoxide rings is 1. The Morgan fingerprint density at radius 1 is 1.12 bits per heavy atom. The number of oxime groups is 1. The average Bonchev–Trinajstić information content (AvgIpc) is 3.32. The van der Waals surface area contributed by atoms with E-state index in [9.17, 15) is 19.2 Å². The van der Waals surface area contributed by atoms with Gasteiger partial charge in [0.2, 0.25) is 11.8 Å². The second-order valence-corrected chi connectivity index (χ2v) is 8.94. The van der Waals surface area contributed by atoms with Gasteiger partial charge in [0.1, 0.15) is 29.5 Å². The largest absolute Gasteiger partial charge is 0.392 e. The van der Waals surface area contributed by atoms with Crippen molar-refractivity contribution in [1.82, 2.24) is 16.0 Å². The van der Waals surface area contributed by atoms with Crippen LogP contribution in [0.5, 0.6) is 0 Å². The number of nitrogens with one attached hydrogen (secondary N) is 3. The number of hydrogen-bond acceptors (Lipinski definition) is 8. The van der Waals surface area contributed by atoms with Crippen molar-refractivity contribution in [3.63, 3.8) is 0 Å². The number of Topliss-reactive ketones (excluding diaryl/α,β-unsaturated/α-hetero) is 1. The highest BCUT2D eigenvalue weighted by atomic mass is 16.6. The summed E-state index contributed by atoms with van der Waals surface area (Å²) in [6.45, 7) is 9.07. The predicted octanol–water partition coefficient (Wildman–Crippen LogP) is -0.324. The third-order valence-corrected chi connectivity index (χ3v) is 5.23. The molecular formula is C21H34N4O7. The Kier molecular flexibility index (Phi) is 8.73. The van der Waals surface area contributed by atoms with Gasteiger partial charge in [0.05, 0.1) is 19.3 Å². The summed E-state index contributed by atoms with van der Waals surface area (Å²) in [5, 5.41) is 11.5. The predicted molar refractivity (Wildman–Crippen MR) is 115 cm³/mol. The highest BCUT2D eigenvalue weighted by Gasteiger charge is 2.50. The molecule has 0 aromatic heterocycles. The normalized spacial score (nSPS) is 24.6. The second kappa shape index (κ2) is 10.9. The van der Waals surface area contributed by atoms with Gasteiger partial charge in [-0.25, -0.2) is 0 Å². The SMILES string of the molecule is COC[C@H](NC(=O)C(C)NC(=O)C1=NO[C@@H](C)C1)C(=O)NC(CC(C)C)C(=O)C1(C)CO1. The number of carbonyl (C=O) groups excluding carboxylic acids is 4. The molecule has 32 heavy (non-hydrogen) atoms. The van der Waals surface area contributed by atoms with Crippen LogP contribution in [0.4, 0.5) is 0 Å². The van der Waals surface area contributed by atoms with E-state index in [1.54, 1.807) is 13.8 Å². The van der Waals surface area contributed by atoms with E-state index in [0.29, 0.717) is 19.4 Å². The van der Waals surface area contributed by atoms with E-state index in [2.05, 4.69) is 21.1 Å². The summed E-state index contributed by atoms with van der Waals surface area (Å²) in [5.74, 6) is -1.68. The fraction of sp³-hybridized carbons (Fsp3) is 0.762. The highest BCUT2D eigenvalue weighted by Crippen LogP contribution is 2.29. The first-order valence-corrected chi connectivity index (χ1v) is 10.8. The quantitative estimate of drug-likeness (QED) is 0.342. The first kappa shape index (κ1) is 25.7. The van der Waals surface area contributed by atoms with Gasteiger partial charge in [0.25, 0.3) is 5.91 Å². The van der Waals surface area contributed by atoms with E-state index >= 15 is 0 Å². The Balaban J connectivity index is 1.97. The van der Waals surface area contributed by atoms with Gasteiger partial charge >= 0.3 is 0 Å². The van der Waals surface area contributed by atoms with Crippen LogP contribution in [0.1, 0.15) is 47.5 Å².